The van der Waals surface area contributed by atoms with E-state index < -0.39 is 0 Å². The summed E-state index contributed by atoms with van der Waals surface area (Å²) in [7, 11) is 0. The maximum absolute atomic E-state index is 11.4. The van der Waals surface area contributed by atoms with Gasteiger partial charge in [-0.05, 0) is 72.6 Å². The molecule has 1 fully saturated rings. The topological polar surface area (TPSA) is 146 Å². The van der Waals surface area contributed by atoms with Crippen molar-refractivity contribution in [3.8, 4) is 34.6 Å². The second-order valence-corrected chi connectivity index (χ2v) is 9.48. The number of pyridine rings is 1. The molecule has 0 saturated carbocycles. The molecule has 0 aliphatic carbocycles. The van der Waals surface area contributed by atoms with Crippen molar-refractivity contribution >= 4 is 28.4 Å². The summed E-state index contributed by atoms with van der Waals surface area (Å²) in [6, 6.07) is 16.6. The van der Waals surface area contributed by atoms with Crippen LogP contribution in [0.1, 0.15) is 19.8 Å². The number of aromatic nitrogens is 5. The number of amides is 1. The molecule has 3 aromatic heterocycles. The van der Waals surface area contributed by atoms with Gasteiger partial charge in [-0.2, -0.15) is 0 Å². The number of nitrogens with two attached hydrogens (primary N) is 1. The first-order valence-corrected chi connectivity index (χ1v) is 13.0. The van der Waals surface area contributed by atoms with Crippen LogP contribution in [0, 0.1) is 0 Å². The fourth-order valence-electron chi connectivity index (χ4n) is 4.74. The van der Waals surface area contributed by atoms with E-state index in [0.29, 0.717) is 46.5 Å². The van der Waals surface area contributed by atoms with Gasteiger partial charge < -0.3 is 20.5 Å². The van der Waals surface area contributed by atoms with Gasteiger partial charge in [0.05, 0.1) is 11.7 Å². The number of rotatable bonds is 9. The van der Waals surface area contributed by atoms with E-state index in [1.807, 2.05) is 28.8 Å². The van der Waals surface area contributed by atoms with Gasteiger partial charge in [-0.15, -0.1) is 0 Å². The molecule has 40 heavy (non-hydrogen) atoms. The van der Waals surface area contributed by atoms with Crippen molar-refractivity contribution in [1.82, 2.24) is 29.7 Å². The highest BCUT2D eigenvalue weighted by Gasteiger charge is 2.21. The first-order valence-electron chi connectivity index (χ1n) is 13.0. The average Bonchev–Trinajstić information content (AvgIpc) is 3.69. The minimum Gasteiger partial charge on any atom is -0.492 e. The smallest absolute Gasteiger partial charge is 0.221 e. The number of fused-ring (bicyclic) bond motifs is 1. The number of anilines is 2. The molecule has 0 radical (unpaired) electrons. The summed E-state index contributed by atoms with van der Waals surface area (Å²) in [4.78, 5) is 23.0. The third-order valence-electron chi connectivity index (χ3n) is 6.59. The molecule has 12 heteroatoms. The molecule has 4 heterocycles. The molecular formula is C28H28N8O4. The molecule has 1 amide bonds. The van der Waals surface area contributed by atoms with Gasteiger partial charge in [0.1, 0.15) is 23.6 Å². The Bertz CT molecular complexity index is 1640. The summed E-state index contributed by atoms with van der Waals surface area (Å²) in [5, 5.41) is 10.4. The number of ether oxygens (including phenoxy) is 2. The maximum atomic E-state index is 11.4. The summed E-state index contributed by atoms with van der Waals surface area (Å²) in [5.74, 6) is 2.04. The van der Waals surface area contributed by atoms with E-state index in [-0.39, 0.29) is 11.7 Å². The summed E-state index contributed by atoms with van der Waals surface area (Å²) in [6.07, 6.45) is 4.13. The SMILES string of the molecule is CC(=O)Nc1cccc(Oc2cc3c(cn2)nc(-c2nonc2N)n3-c2ccc(OCCN3CCCC3)cc2)c1. The number of imidazole rings is 1. The number of likely N-dealkylation sites (tertiary alicyclic amines) is 1. The molecule has 12 nitrogen and oxygen atoms in total. The fourth-order valence-corrected chi connectivity index (χ4v) is 4.74. The molecule has 0 spiro atoms. The molecule has 3 N–H and O–H groups in total. The van der Waals surface area contributed by atoms with Crippen LogP contribution in [-0.4, -0.2) is 61.9 Å². The Hall–Kier alpha value is -4.97. The quantitative estimate of drug-likeness (QED) is 0.278. The van der Waals surface area contributed by atoms with Gasteiger partial charge in [0.25, 0.3) is 0 Å². The van der Waals surface area contributed by atoms with Crippen LogP contribution in [0.4, 0.5) is 11.5 Å². The number of hydrogen-bond donors (Lipinski definition) is 2. The lowest BCUT2D eigenvalue weighted by Gasteiger charge is -2.15. The molecule has 2 aromatic carbocycles. The van der Waals surface area contributed by atoms with Crippen molar-refractivity contribution in [1.29, 1.82) is 0 Å². The van der Waals surface area contributed by atoms with Crippen LogP contribution >= 0.6 is 0 Å². The van der Waals surface area contributed by atoms with Crippen LogP contribution in [0.3, 0.4) is 0 Å². The molecule has 0 unspecified atom stereocenters. The Balaban J connectivity index is 1.32. The Kier molecular flexibility index (Phi) is 6.98. The highest BCUT2D eigenvalue weighted by molar-refractivity contribution is 5.89. The predicted molar refractivity (Wildman–Crippen MR) is 149 cm³/mol. The van der Waals surface area contributed by atoms with E-state index in [1.54, 1.807) is 36.5 Å². The van der Waals surface area contributed by atoms with Crippen molar-refractivity contribution in [3.05, 3.63) is 60.8 Å². The summed E-state index contributed by atoms with van der Waals surface area (Å²) < 4.78 is 18.8. The molecule has 0 atom stereocenters. The number of benzene rings is 2. The monoisotopic (exact) mass is 540 g/mol. The zero-order valence-electron chi connectivity index (χ0n) is 21.9. The molecule has 1 saturated heterocycles. The fraction of sp³-hybridized carbons (Fsp3) is 0.250. The van der Waals surface area contributed by atoms with E-state index >= 15 is 0 Å². The molecule has 1 aliphatic heterocycles. The van der Waals surface area contributed by atoms with Crippen molar-refractivity contribution in [2.45, 2.75) is 19.8 Å². The van der Waals surface area contributed by atoms with E-state index in [2.05, 4.69) is 25.5 Å². The van der Waals surface area contributed by atoms with E-state index in [0.717, 1.165) is 31.1 Å². The van der Waals surface area contributed by atoms with Gasteiger partial charge >= 0.3 is 0 Å². The minimum atomic E-state index is -0.169. The number of carbonyl (C=O) groups is 1. The Morgan fingerprint density at radius 2 is 1.90 bits per heavy atom. The van der Waals surface area contributed by atoms with Crippen molar-refractivity contribution in [3.63, 3.8) is 0 Å². The zero-order valence-corrected chi connectivity index (χ0v) is 21.9. The van der Waals surface area contributed by atoms with E-state index in [9.17, 15) is 4.79 Å². The highest BCUT2D eigenvalue weighted by Crippen LogP contribution is 2.33. The van der Waals surface area contributed by atoms with Crippen molar-refractivity contribution in [2.75, 3.05) is 37.3 Å². The van der Waals surface area contributed by atoms with Crippen LogP contribution in [0.15, 0.2) is 65.4 Å². The van der Waals surface area contributed by atoms with Crippen LogP contribution in [-0.2, 0) is 4.79 Å². The standard InChI is InChI=1S/C28H28N8O4/c1-18(37)31-19-5-4-6-22(15-19)39-25-16-24-23(17-30-25)32-28(26-27(29)34-40-33-26)36(24)20-7-9-21(10-8-20)38-14-13-35-11-2-3-12-35/h4-10,15-17H,2-3,11-14H2,1H3,(H2,29,34)(H,31,37). The predicted octanol–water partition coefficient (Wildman–Crippen LogP) is 4.28. The highest BCUT2D eigenvalue weighted by atomic mass is 16.6. The molecule has 5 aromatic rings. The number of nitrogens with zero attached hydrogens (tertiary/aromatic N) is 6. The minimum absolute atomic E-state index is 0.123. The third-order valence-corrected chi connectivity index (χ3v) is 6.59. The first kappa shape index (κ1) is 25.3. The number of nitrogen functional groups attached to an aromatic ring is 1. The second-order valence-electron chi connectivity index (χ2n) is 9.48. The summed E-state index contributed by atoms with van der Waals surface area (Å²) in [6.45, 7) is 5.28. The van der Waals surface area contributed by atoms with Gasteiger partial charge in [-0.25, -0.2) is 14.6 Å². The molecular weight excluding hydrogens is 512 g/mol. The van der Waals surface area contributed by atoms with E-state index in [4.69, 9.17) is 24.8 Å². The summed E-state index contributed by atoms with van der Waals surface area (Å²) >= 11 is 0. The Labute approximate surface area is 229 Å². The van der Waals surface area contributed by atoms with Gasteiger partial charge in [0.15, 0.2) is 17.3 Å². The van der Waals surface area contributed by atoms with Crippen molar-refractivity contribution in [2.24, 2.45) is 0 Å². The lowest BCUT2D eigenvalue weighted by molar-refractivity contribution is -0.114. The summed E-state index contributed by atoms with van der Waals surface area (Å²) in [5.41, 5.74) is 9.08. The van der Waals surface area contributed by atoms with Gasteiger partial charge in [0, 0.05) is 37.0 Å². The second kappa shape index (κ2) is 11.0. The van der Waals surface area contributed by atoms with Crippen LogP contribution in [0.5, 0.6) is 17.4 Å². The van der Waals surface area contributed by atoms with Gasteiger partial charge in [0.2, 0.25) is 11.8 Å². The van der Waals surface area contributed by atoms with Crippen molar-refractivity contribution < 1.29 is 18.9 Å². The largest absolute Gasteiger partial charge is 0.492 e. The number of carbonyl (C=O) groups excluding carboxylic acids is 1. The molecule has 0 bridgehead atoms. The molecule has 204 valence electrons. The van der Waals surface area contributed by atoms with Crippen LogP contribution in [0.2, 0.25) is 0 Å². The molecule has 1 aliphatic rings. The number of nitrogens with one attached hydrogen (secondary N) is 1. The molecule has 6 rings (SSSR count). The van der Waals surface area contributed by atoms with Crippen LogP contribution < -0.4 is 20.5 Å². The van der Waals surface area contributed by atoms with Gasteiger partial charge in [-0.3, -0.25) is 14.3 Å². The van der Waals surface area contributed by atoms with Gasteiger partial charge in [-0.1, -0.05) is 6.07 Å². The lowest BCUT2D eigenvalue weighted by Crippen LogP contribution is -2.25. The van der Waals surface area contributed by atoms with Crippen LogP contribution in [0.25, 0.3) is 28.2 Å². The Morgan fingerprint density at radius 1 is 1.07 bits per heavy atom. The average molecular weight is 541 g/mol. The van der Waals surface area contributed by atoms with E-state index in [1.165, 1.54) is 19.8 Å². The number of hydrogen-bond acceptors (Lipinski definition) is 10. The maximum Gasteiger partial charge on any atom is 0.221 e. The first-order chi connectivity index (χ1) is 19.5. The lowest BCUT2D eigenvalue weighted by atomic mass is 10.2. The third kappa shape index (κ3) is 5.43. The zero-order chi connectivity index (χ0) is 27.5. The normalized spacial score (nSPS) is 13.5. The Morgan fingerprint density at radius 3 is 2.65 bits per heavy atom.